The van der Waals surface area contributed by atoms with Crippen molar-refractivity contribution >= 4 is 17.4 Å². The van der Waals surface area contributed by atoms with E-state index in [1.807, 2.05) is 19.9 Å². The lowest BCUT2D eigenvalue weighted by molar-refractivity contribution is -0.137. The van der Waals surface area contributed by atoms with Crippen LogP contribution in [0.2, 0.25) is 0 Å². The number of halogens is 3. The number of rotatable bonds is 3. The molecule has 2 rings (SSSR count). The second kappa shape index (κ2) is 6.73. The lowest BCUT2D eigenvalue weighted by Crippen LogP contribution is -2.40. The van der Waals surface area contributed by atoms with Gasteiger partial charge in [-0.05, 0) is 44.2 Å². The predicted molar refractivity (Wildman–Crippen MR) is 84.5 cm³/mol. The van der Waals surface area contributed by atoms with Crippen molar-refractivity contribution in [2.45, 2.75) is 26.1 Å². The molecule has 2 amide bonds. The van der Waals surface area contributed by atoms with Crippen molar-refractivity contribution in [1.82, 2.24) is 0 Å². The van der Waals surface area contributed by atoms with Crippen molar-refractivity contribution in [3.05, 3.63) is 60.2 Å². The molecule has 0 saturated heterocycles. The number of carbonyl (C=O) groups excluding carboxylic acids is 1. The first-order valence-electron chi connectivity index (χ1n) is 7.11. The third kappa shape index (κ3) is 4.25. The number of nitrogens with one attached hydrogen (secondary N) is 1. The molecule has 0 atom stereocenters. The third-order valence-electron chi connectivity index (χ3n) is 3.21. The smallest absolute Gasteiger partial charge is 0.308 e. The molecule has 0 unspecified atom stereocenters. The van der Waals surface area contributed by atoms with Gasteiger partial charge in [0, 0.05) is 17.4 Å². The minimum Gasteiger partial charge on any atom is -0.308 e. The van der Waals surface area contributed by atoms with Crippen LogP contribution in [-0.2, 0) is 6.18 Å². The Hall–Kier alpha value is -2.50. The van der Waals surface area contributed by atoms with E-state index in [0.717, 1.165) is 12.1 Å². The molecule has 0 aromatic heterocycles. The summed E-state index contributed by atoms with van der Waals surface area (Å²) in [5, 5.41) is 2.52. The highest BCUT2D eigenvalue weighted by Gasteiger charge is 2.30. The summed E-state index contributed by atoms with van der Waals surface area (Å²) in [5.74, 6) is 0. The van der Waals surface area contributed by atoms with E-state index in [0.29, 0.717) is 5.69 Å². The fourth-order valence-corrected chi connectivity index (χ4v) is 2.20. The predicted octanol–water partition coefficient (Wildman–Crippen LogP) is 5.15. The summed E-state index contributed by atoms with van der Waals surface area (Å²) in [5.41, 5.74) is -0.0236. The number of amides is 2. The second-order valence-corrected chi connectivity index (χ2v) is 5.31. The van der Waals surface area contributed by atoms with Gasteiger partial charge in [-0.1, -0.05) is 24.3 Å². The molecule has 0 aliphatic carbocycles. The molecule has 0 heterocycles. The number of anilines is 2. The lowest BCUT2D eigenvalue weighted by atomic mass is 10.2. The van der Waals surface area contributed by atoms with Gasteiger partial charge in [0.05, 0.1) is 5.56 Å². The van der Waals surface area contributed by atoms with E-state index >= 15 is 0 Å². The maximum Gasteiger partial charge on any atom is 0.416 e. The maximum absolute atomic E-state index is 12.7. The van der Waals surface area contributed by atoms with Crippen LogP contribution in [0, 0.1) is 0 Å². The Morgan fingerprint density at radius 1 is 1.04 bits per heavy atom. The molecule has 0 radical (unpaired) electrons. The Balaban J connectivity index is 2.23. The van der Waals surface area contributed by atoms with Gasteiger partial charge in [-0.25, -0.2) is 4.79 Å². The molecule has 0 fully saturated rings. The molecule has 0 bridgehead atoms. The van der Waals surface area contributed by atoms with Gasteiger partial charge in [0.1, 0.15) is 0 Å². The average molecular weight is 322 g/mol. The normalized spacial score (nSPS) is 11.4. The molecule has 0 saturated carbocycles. The Kier molecular flexibility index (Phi) is 4.93. The van der Waals surface area contributed by atoms with E-state index in [1.165, 1.54) is 17.0 Å². The summed E-state index contributed by atoms with van der Waals surface area (Å²) in [6, 6.07) is 12.9. The summed E-state index contributed by atoms with van der Waals surface area (Å²) in [6.07, 6.45) is -4.45. The molecule has 1 N–H and O–H groups in total. The van der Waals surface area contributed by atoms with E-state index < -0.39 is 17.8 Å². The van der Waals surface area contributed by atoms with Gasteiger partial charge in [-0.2, -0.15) is 13.2 Å². The van der Waals surface area contributed by atoms with Crippen LogP contribution in [0.25, 0.3) is 0 Å². The van der Waals surface area contributed by atoms with Crippen molar-refractivity contribution in [1.29, 1.82) is 0 Å². The summed E-state index contributed by atoms with van der Waals surface area (Å²) < 4.78 is 38.2. The number of hydrogen-bond acceptors (Lipinski definition) is 1. The zero-order chi connectivity index (χ0) is 17.0. The highest BCUT2D eigenvalue weighted by Crippen LogP contribution is 2.30. The van der Waals surface area contributed by atoms with E-state index in [4.69, 9.17) is 0 Å². The third-order valence-corrected chi connectivity index (χ3v) is 3.21. The fourth-order valence-electron chi connectivity index (χ4n) is 2.20. The minimum absolute atomic E-state index is 0.103. The zero-order valence-corrected chi connectivity index (χ0v) is 12.8. The molecule has 2 aromatic carbocycles. The van der Waals surface area contributed by atoms with Gasteiger partial charge in [0.2, 0.25) is 0 Å². The number of nitrogens with zero attached hydrogens (tertiary/aromatic N) is 1. The zero-order valence-electron chi connectivity index (χ0n) is 12.8. The highest BCUT2D eigenvalue weighted by molar-refractivity contribution is 6.02. The Morgan fingerprint density at radius 3 is 2.26 bits per heavy atom. The molecule has 6 heteroatoms. The molecule has 23 heavy (non-hydrogen) atoms. The summed E-state index contributed by atoms with van der Waals surface area (Å²) in [6.45, 7) is 3.66. The first kappa shape index (κ1) is 16.9. The SMILES string of the molecule is CC(C)N(C(=O)Nc1cccc(C(F)(F)F)c1)c1ccccc1. The minimum atomic E-state index is -4.45. The summed E-state index contributed by atoms with van der Waals surface area (Å²) >= 11 is 0. The van der Waals surface area contributed by atoms with E-state index in [-0.39, 0.29) is 11.7 Å². The summed E-state index contributed by atoms with van der Waals surface area (Å²) in [7, 11) is 0. The average Bonchev–Trinajstić information content (AvgIpc) is 2.47. The van der Waals surface area contributed by atoms with Crippen LogP contribution < -0.4 is 10.2 Å². The number of benzene rings is 2. The van der Waals surface area contributed by atoms with Crippen molar-refractivity contribution in [3.8, 4) is 0 Å². The van der Waals surface area contributed by atoms with E-state index in [2.05, 4.69) is 5.32 Å². The molecular formula is C17H17F3N2O. The van der Waals surface area contributed by atoms with E-state index in [9.17, 15) is 18.0 Å². The summed E-state index contributed by atoms with van der Waals surface area (Å²) in [4.78, 5) is 13.9. The standard InChI is InChI=1S/C17H17F3N2O/c1-12(2)22(15-9-4-3-5-10-15)16(23)21-14-8-6-7-13(11-14)17(18,19)20/h3-12H,1-2H3,(H,21,23). The van der Waals surface area contributed by atoms with Crippen LogP contribution in [-0.4, -0.2) is 12.1 Å². The second-order valence-electron chi connectivity index (χ2n) is 5.31. The van der Waals surface area contributed by atoms with Crippen molar-refractivity contribution < 1.29 is 18.0 Å². The Morgan fingerprint density at radius 2 is 1.70 bits per heavy atom. The molecule has 2 aromatic rings. The Bertz CT molecular complexity index is 669. The van der Waals surface area contributed by atoms with Crippen molar-refractivity contribution in [2.75, 3.05) is 10.2 Å². The van der Waals surface area contributed by atoms with Gasteiger partial charge in [-0.3, -0.25) is 4.90 Å². The van der Waals surface area contributed by atoms with Crippen LogP contribution >= 0.6 is 0 Å². The Labute approximate surface area is 132 Å². The number of alkyl halides is 3. The first-order valence-corrected chi connectivity index (χ1v) is 7.11. The molecule has 0 aliphatic heterocycles. The molecule has 3 nitrogen and oxygen atoms in total. The van der Waals surface area contributed by atoms with Crippen molar-refractivity contribution in [3.63, 3.8) is 0 Å². The molecule has 122 valence electrons. The monoisotopic (exact) mass is 322 g/mol. The van der Waals surface area contributed by atoms with Crippen LogP contribution in [0.3, 0.4) is 0 Å². The van der Waals surface area contributed by atoms with Gasteiger partial charge >= 0.3 is 12.2 Å². The van der Waals surface area contributed by atoms with Crippen LogP contribution in [0.15, 0.2) is 54.6 Å². The molecular weight excluding hydrogens is 305 g/mol. The van der Waals surface area contributed by atoms with Gasteiger partial charge in [0.25, 0.3) is 0 Å². The van der Waals surface area contributed by atoms with E-state index in [1.54, 1.807) is 24.3 Å². The van der Waals surface area contributed by atoms with Gasteiger partial charge in [-0.15, -0.1) is 0 Å². The topological polar surface area (TPSA) is 32.3 Å². The quantitative estimate of drug-likeness (QED) is 0.832. The van der Waals surface area contributed by atoms with Crippen molar-refractivity contribution in [2.24, 2.45) is 0 Å². The molecule has 0 spiro atoms. The molecule has 0 aliphatic rings. The number of para-hydroxylation sites is 1. The number of carbonyl (C=O) groups is 1. The van der Waals surface area contributed by atoms with Crippen LogP contribution in [0.1, 0.15) is 19.4 Å². The van der Waals surface area contributed by atoms with Crippen LogP contribution in [0.4, 0.5) is 29.3 Å². The van der Waals surface area contributed by atoms with Gasteiger partial charge < -0.3 is 5.32 Å². The largest absolute Gasteiger partial charge is 0.416 e. The van der Waals surface area contributed by atoms with Crippen LogP contribution in [0.5, 0.6) is 0 Å². The fraction of sp³-hybridized carbons (Fsp3) is 0.235. The first-order chi connectivity index (χ1) is 10.8. The number of hydrogen-bond donors (Lipinski definition) is 1. The van der Waals surface area contributed by atoms with Gasteiger partial charge in [0.15, 0.2) is 0 Å². The maximum atomic E-state index is 12.7. The highest BCUT2D eigenvalue weighted by atomic mass is 19.4. The lowest BCUT2D eigenvalue weighted by Gasteiger charge is -2.27. The number of urea groups is 1.